The van der Waals surface area contributed by atoms with Crippen molar-refractivity contribution in [3.8, 4) is 0 Å². The van der Waals surface area contributed by atoms with E-state index in [9.17, 15) is 8.78 Å². The van der Waals surface area contributed by atoms with Gasteiger partial charge in [0.05, 0.1) is 11.4 Å². The smallest absolute Gasteiger partial charge is 0.265 e. The molecule has 1 aromatic carbocycles. The zero-order valence-electron chi connectivity index (χ0n) is 6.02. The van der Waals surface area contributed by atoms with Gasteiger partial charge in [0.15, 0.2) is 0 Å². The van der Waals surface area contributed by atoms with Crippen LogP contribution < -0.4 is 11.5 Å². The number of anilines is 2. The zero-order valence-corrected chi connectivity index (χ0v) is 8.18. The summed E-state index contributed by atoms with van der Waals surface area (Å²) < 4.78 is 25.1. The molecule has 5 heteroatoms. The second-order valence-electron chi connectivity index (χ2n) is 2.26. The van der Waals surface area contributed by atoms with E-state index >= 15 is 0 Å². The number of alkyl halides is 2. The predicted octanol–water partition coefficient (Wildman–Crippen LogP) is 2.39. The summed E-state index contributed by atoms with van der Waals surface area (Å²) in [4.78, 5) is 0. The first-order valence-electron chi connectivity index (χ1n) is 3.15. The Bertz CT molecular complexity index is 302. The van der Waals surface area contributed by atoms with Gasteiger partial charge in [0.25, 0.3) is 6.43 Å². The van der Waals surface area contributed by atoms with Gasteiger partial charge in [-0.15, -0.1) is 0 Å². The van der Waals surface area contributed by atoms with E-state index in [4.69, 9.17) is 11.5 Å². The molecule has 0 fully saturated rings. The minimum absolute atomic E-state index is 0.0168. The fourth-order valence-electron chi connectivity index (χ4n) is 0.817. The first-order chi connectivity index (χ1) is 5.54. The van der Waals surface area contributed by atoms with Crippen LogP contribution >= 0.6 is 22.6 Å². The van der Waals surface area contributed by atoms with Crippen LogP contribution in [0.4, 0.5) is 20.2 Å². The van der Waals surface area contributed by atoms with Crippen molar-refractivity contribution < 1.29 is 8.78 Å². The predicted molar refractivity (Wildman–Crippen MR) is 52.9 cm³/mol. The van der Waals surface area contributed by atoms with Gasteiger partial charge in [0, 0.05) is 9.13 Å². The van der Waals surface area contributed by atoms with Gasteiger partial charge in [-0.25, -0.2) is 8.78 Å². The van der Waals surface area contributed by atoms with Gasteiger partial charge in [0.1, 0.15) is 0 Å². The van der Waals surface area contributed by atoms with Crippen molar-refractivity contribution >= 4 is 34.0 Å². The van der Waals surface area contributed by atoms with Crippen LogP contribution in [0.3, 0.4) is 0 Å². The molecule has 0 aliphatic heterocycles. The van der Waals surface area contributed by atoms with Crippen LogP contribution in [0.5, 0.6) is 0 Å². The van der Waals surface area contributed by atoms with Crippen molar-refractivity contribution in [2.75, 3.05) is 11.5 Å². The Hall–Kier alpha value is -0.590. The van der Waals surface area contributed by atoms with Gasteiger partial charge in [-0.3, -0.25) is 0 Å². The maximum Gasteiger partial charge on any atom is 0.265 e. The molecule has 0 amide bonds. The van der Waals surface area contributed by atoms with E-state index in [-0.39, 0.29) is 16.9 Å². The molecular weight excluding hydrogens is 277 g/mol. The molecule has 0 radical (unpaired) electrons. The zero-order chi connectivity index (χ0) is 9.30. The second-order valence-corrected chi connectivity index (χ2v) is 3.43. The van der Waals surface area contributed by atoms with E-state index in [1.165, 1.54) is 12.1 Å². The Balaban J connectivity index is 3.27. The molecule has 66 valence electrons. The van der Waals surface area contributed by atoms with Crippen LogP contribution in [0.2, 0.25) is 0 Å². The van der Waals surface area contributed by atoms with Gasteiger partial charge < -0.3 is 11.5 Å². The Labute approximate surface area is 82.1 Å². The number of nitrogens with two attached hydrogens (primary N) is 2. The molecule has 0 bridgehead atoms. The second kappa shape index (κ2) is 3.42. The van der Waals surface area contributed by atoms with Crippen LogP contribution in [0.15, 0.2) is 12.1 Å². The molecule has 1 aromatic rings. The van der Waals surface area contributed by atoms with Crippen molar-refractivity contribution in [2.45, 2.75) is 6.43 Å². The highest BCUT2D eigenvalue weighted by Crippen LogP contribution is 2.31. The fraction of sp³-hybridized carbons (Fsp3) is 0.143. The summed E-state index contributed by atoms with van der Waals surface area (Å²) in [7, 11) is 0. The molecule has 0 heterocycles. The number of halogens is 3. The maximum absolute atomic E-state index is 12.2. The lowest BCUT2D eigenvalue weighted by atomic mass is 10.1. The summed E-state index contributed by atoms with van der Waals surface area (Å²) in [5, 5.41) is 0. The lowest BCUT2D eigenvalue weighted by molar-refractivity contribution is 0.152. The Kier molecular flexibility index (Phi) is 2.71. The average Bonchev–Trinajstić information content (AvgIpc) is 2.00. The molecule has 1 rings (SSSR count). The topological polar surface area (TPSA) is 52.0 Å². The monoisotopic (exact) mass is 284 g/mol. The summed E-state index contributed by atoms with van der Waals surface area (Å²) >= 11 is 1.94. The number of rotatable bonds is 1. The van der Waals surface area contributed by atoms with Crippen LogP contribution in [0.1, 0.15) is 12.0 Å². The highest BCUT2D eigenvalue weighted by atomic mass is 127. The van der Waals surface area contributed by atoms with Gasteiger partial charge in [0.2, 0.25) is 0 Å². The van der Waals surface area contributed by atoms with E-state index < -0.39 is 6.43 Å². The normalized spacial score (nSPS) is 10.7. The summed E-state index contributed by atoms with van der Waals surface area (Å²) in [6.07, 6.45) is -2.57. The lowest BCUT2D eigenvalue weighted by Crippen LogP contribution is -2.02. The summed E-state index contributed by atoms with van der Waals surface area (Å²) in [5.74, 6) is 0. The number of benzene rings is 1. The van der Waals surface area contributed by atoms with Crippen LogP contribution in [-0.2, 0) is 0 Å². The van der Waals surface area contributed by atoms with Gasteiger partial charge >= 0.3 is 0 Å². The molecule has 4 N–H and O–H groups in total. The van der Waals surface area contributed by atoms with Crippen molar-refractivity contribution in [3.05, 3.63) is 21.3 Å². The van der Waals surface area contributed by atoms with Crippen molar-refractivity contribution in [1.29, 1.82) is 0 Å². The molecule has 0 aromatic heterocycles. The average molecular weight is 284 g/mol. The number of hydrogen-bond donors (Lipinski definition) is 2. The van der Waals surface area contributed by atoms with Crippen molar-refractivity contribution in [1.82, 2.24) is 0 Å². The van der Waals surface area contributed by atoms with Crippen LogP contribution in [0, 0.1) is 3.57 Å². The molecule has 0 unspecified atom stereocenters. The van der Waals surface area contributed by atoms with E-state index in [2.05, 4.69) is 0 Å². The Morgan fingerprint density at radius 2 is 1.75 bits per heavy atom. The molecule has 0 saturated carbocycles. The molecule has 0 saturated heterocycles. The largest absolute Gasteiger partial charge is 0.397 e. The summed E-state index contributed by atoms with van der Waals surface area (Å²) in [5.41, 5.74) is 10.8. The number of nitrogen functional groups attached to an aromatic ring is 2. The fourth-order valence-corrected chi connectivity index (χ4v) is 1.29. The van der Waals surface area contributed by atoms with Crippen molar-refractivity contribution in [3.63, 3.8) is 0 Å². The minimum Gasteiger partial charge on any atom is -0.397 e. The van der Waals surface area contributed by atoms with E-state index in [1.807, 2.05) is 22.6 Å². The maximum atomic E-state index is 12.2. The first-order valence-corrected chi connectivity index (χ1v) is 4.23. The minimum atomic E-state index is -2.57. The summed E-state index contributed by atoms with van der Waals surface area (Å²) in [6.45, 7) is 0. The molecule has 2 nitrogen and oxygen atoms in total. The van der Waals surface area contributed by atoms with E-state index in [1.54, 1.807) is 0 Å². The third kappa shape index (κ3) is 1.60. The van der Waals surface area contributed by atoms with Gasteiger partial charge in [-0.05, 0) is 28.7 Å². The SMILES string of the molecule is Nc1c(I)ccc(C(F)F)c1N. The van der Waals surface area contributed by atoms with Crippen LogP contribution in [0.25, 0.3) is 0 Å². The van der Waals surface area contributed by atoms with Crippen molar-refractivity contribution in [2.24, 2.45) is 0 Å². The Morgan fingerprint density at radius 1 is 1.17 bits per heavy atom. The standard InChI is InChI=1S/C7H7F2IN2/c8-7(9)3-1-2-4(10)6(12)5(3)11/h1-2,7H,11-12H2. The molecule has 0 aliphatic carbocycles. The summed E-state index contributed by atoms with van der Waals surface area (Å²) in [6, 6.07) is 2.81. The van der Waals surface area contributed by atoms with E-state index in [0.717, 1.165) is 0 Å². The lowest BCUT2D eigenvalue weighted by Gasteiger charge is -2.08. The highest BCUT2D eigenvalue weighted by Gasteiger charge is 2.13. The first kappa shape index (κ1) is 9.50. The quantitative estimate of drug-likeness (QED) is 0.614. The van der Waals surface area contributed by atoms with Crippen LogP contribution in [-0.4, -0.2) is 0 Å². The third-order valence-corrected chi connectivity index (χ3v) is 2.44. The van der Waals surface area contributed by atoms with Gasteiger partial charge in [-0.2, -0.15) is 0 Å². The number of hydrogen-bond acceptors (Lipinski definition) is 2. The van der Waals surface area contributed by atoms with Gasteiger partial charge in [-0.1, -0.05) is 6.07 Å². The molecule has 0 aliphatic rings. The molecule has 0 atom stereocenters. The molecular formula is C7H7F2IN2. The third-order valence-electron chi connectivity index (χ3n) is 1.50. The highest BCUT2D eigenvalue weighted by molar-refractivity contribution is 14.1. The molecule has 12 heavy (non-hydrogen) atoms. The molecule has 0 spiro atoms. The Morgan fingerprint density at radius 3 is 2.25 bits per heavy atom. The van der Waals surface area contributed by atoms with E-state index in [0.29, 0.717) is 3.57 Å².